The molecule has 1 amide bonds. The van der Waals surface area contributed by atoms with Crippen molar-refractivity contribution in [1.82, 2.24) is 14.9 Å². The van der Waals surface area contributed by atoms with Crippen LogP contribution in [0.5, 0.6) is 0 Å². The second-order valence-electron chi connectivity index (χ2n) is 8.56. The minimum atomic E-state index is -0.137. The van der Waals surface area contributed by atoms with E-state index < -0.39 is 0 Å². The van der Waals surface area contributed by atoms with E-state index in [0.717, 1.165) is 22.9 Å². The van der Waals surface area contributed by atoms with Crippen LogP contribution < -0.4 is 10.9 Å². The van der Waals surface area contributed by atoms with Gasteiger partial charge in [-0.15, -0.1) is 0 Å². The van der Waals surface area contributed by atoms with E-state index in [4.69, 9.17) is 12.2 Å². The fraction of sp³-hybridized carbons (Fsp3) is 0.375. The molecule has 1 heterocycles. The molecule has 1 saturated carbocycles. The summed E-state index contributed by atoms with van der Waals surface area (Å²) < 4.78 is 2.76. The van der Waals surface area contributed by atoms with Crippen LogP contribution >= 0.6 is 28.1 Å². The average Bonchev–Trinajstić information content (AvgIpc) is 2.75. The zero-order valence-corrected chi connectivity index (χ0v) is 20.1. The number of fused-ring (bicyclic) bond motifs is 1. The molecule has 2 aromatic carbocycles. The molecule has 2 N–H and O–H groups in total. The third kappa shape index (κ3) is 4.67. The number of benzene rings is 2. The molecule has 0 unspecified atom stereocenters. The largest absolute Gasteiger partial charge is 0.349 e. The summed E-state index contributed by atoms with van der Waals surface area (Å²) in [6.07, 6.45) is 3.43. The third-order valence-electron chi connectivity index (χ3n) is 6.52. The molecule has 1 aliphatic rings. The van der Waals surface area contributed by atoms with Crippen molar-refractivity contribution >= 4 is 45.0 Å². The normalized spacial score (nSPS) is 21.2. The van der Waals surface area contributed by atoms with Gasteiger partial charge in [0.1, 0.15) is 0 Å². The maximum atomic E-state index is 13.0. The molecule has 0 bridgehead atoms. The van der Waals surface area contributed by atoms with Crippen molar-refractivity contribution < 1.29 is 4.79 Å². The first-order chi connectivity index (χ1) is 14.8. The summed E-state index contributed by atoms with van der Waals surface area (Å²) in [5.74, 6) is 1.08. The first-order valence-electron chi connectivity index (χ1n) is 10.7. The van der Waals surface area contributed by atoms with Crippen LogP contribution in [-0.4, -0.2) is 21.5 Å². The lowest BCUT2D eigenvalue weighted by Crippen LogP contribution is -2.43. The summed E-state index contributed by atoms with van der Waals surface area (Å²) in [4.78, 5) is 28.8. The summed E-state index contributed by atoms with van der Waals surface area (Å²) in [7, 11) is 0. The van der Waals surface area contributed by atoms with Crippen molar-refractivity contribution in [3.63, 3.8) is 0 Å². The zero-order valence-electron chi connectivity index (χ0n) is 17.7. The summed E-state index contributed by atoms with van der Waals surface area (Å²) in [5, 5.41) is 3.79. The van der Waals surface area contributed by atoms with E-state index in [1.54, 1.807) is 10.6 Å². The highest BCUT2D eigenvalue weighted by Crippen LogP contribution is 2.29. The van der Waals surface area contributed by atoms with Crippen LogP contribution in [0.3, 0.4) is 0 Å². The summed E-state index contributed by atoms with van der Waals surface area (Å²) in [6.45, 7) is 4.83. The first kappa shape index (κ1) is 22.0. The Hall–Kier alpha value is -2.25. The van der Waals surface area contributed by atoms with Crippen LogP contribution in [0, 0.1) is 16.6 Å². The monoisotopic (exact) mass is 499 g/mol. The van der Waals surface area contributed by atoms with Gasteiger partial charge >= 0.3 is 0 Å². The Labute approximate surface area is 195 Å². The number of rotatable bonds is 4. The summed E-state index contributed by atoms with van der Waals surface area (Å²) in [5.41, 5.74) is 2.12. The molecular formula is C24H26BrN3O2S. The highest BCUT2D eigenvalue weighted by molar-refractivity contribution is 9.10. The van der Waals surface area contributed by atoms with E-state index in [1.165, 1.54) is 6.42 Å². The van der Waals surface area contributed by atoms with Crippen LogP contribution in [0.2, 0.25) is 0 Å². The highest BCUT2D eigenvalue weighted by Gasteiger charge is 2.28. The Morgan fingerprint density at radius 3 is 2.68 bits per heavy atom. The number of aromatic nitrogens is 2. The van der Waals surface area contributed by atoms with Gasteiger partial charge in [-0.25, -0.2) is 0 Å². The van der Waals surface area contributed by atoms with E-state index in [1.807, 2.05) is 36.4 Å². The third-order valence-corrected chi connectivity index (χ3v) is 7.34. The molecule has 1 aromatic heterocycles. The number of amides is 1. The van der Waals surface area contributed by atoms with E-state index in [0.29, 0.717) is 39.6 Å². The molecule has 7 heteroatoms. The standard InChI is InChI=1S/C24H26BrN3O2S/c1-14-4-3-5-20(15(14)2)26-22(29)17-8-6-16(7-9-17)13-28-23(30)19-12-18(25)10-11-21(19)27-24(28)31/h6-12,14-15,20H,3-5,13H2,1-2H3,(H,26,29)(H,27,31)/t14-,15-,20-/m1/s1. The van der Waals surface area contributed by atoms with Gasteiger partial charge in [0, 0.05) is 16.1 Å². The number of nitrogens with one attached hydrogen (secondary N) is 2. The number of H-pyrrole nitrogens is 1. The van der Waals surface area contributed by atoms with Crippen LogP contribution in [0.4, 0.5) is 0 Å². The lowest BCUT2D eigenvalue weighted by molar-refractivity contribution is 0.0891. The second-order valence-corrected chi connectivity index (χ2v) is 9.86. The smallest absolute Gasteiger partial charge is 0.262 e. The van der Waals surface area contributed by atoms with E-state index in [-0.39, 0.29) is 17.5 Å². The van der Waals surface area contributed by atoms with Gasteiger partial charge in [0.2, 0.25) is 0 Å². The molecule has 0 spiro atoms. The number of halogens is 1. The lowest BCUT2D eigenvalue weighted by Gasteiger charge is -2.34. The molecule has 3 aromatic rings. The average molecular weight is 500 g/mol. The Kier molecular flexibility index (Phi) is 6.44. The molecular weight excluding hydrogens is 474 g/mol. The van der Waals surface area contributed by atoms with Crippen molar-refractivity contribution in [3.05, 3.63) is 73.2 Å². The maximum absolute atomic E-state index is 13.0. The number of hydrogen-bond acceptors (Lipinski definition) is 3. The lowest BCUT2D eigenvalue weighted by atomic mass is 9.78. The van der Waals surface area contributed by atoms with Crippen molar-refractivity contribution in [3.8, 4) is 0 Å². The SMILES string of the molecule is C[C@@H]1[C@H](C)CCC[C@H]1NC(=O)c1ccc(Cn2c(=S)[nH]c3ccc(Br)cc3c2=O)cc1. The van der Waals surface area contributed by atoms with E-state index >= 15 is 0 Å². The predicted octanol–water partition coefficient (Wildman–Crippen LogP) is 5.42. The Morgan fingerprint density at radius 2 is 1.94 bits per heavy atom. The number of carbonyl (C=O) groups is 1. The quantitative estimate of drug-likeness (QED) is 0.470. The first-order valence-corrected chi connectivity index (χ1v) is 11.9. The van der Waals surface area contributed by atoms with Crippen LogP contribution in [0.25, 0.3) is 10.9 Å². The number of aromatic amines is 1. The highest BCUT2D eigenvalue weighted by atomic mass is 79.9. The van der Waals surface area contributed by atoms with Crippen molar-refractivity contribution in [2.45, 2.75) is 45.7 Å². The molecule has 1 aliphatic carbocycles. The molecule has 4 rings (SSSR count). The predicted molar refractivity (Wildman–Crippen MR) is 130 cm³/mol. The zero-order chi connectivity index (χ0) is 22.1. The van der Waals surface area contributed by atoms with Gasteiger partial charge in [-0.2, -0.15) is 0 Å². The summed E-state index contributed by atoms with van der Waals surface area (Å²) >= 11 is 8.82. The van der Waals surface area contributed by atoms with E-state index in [9.17, 15) is 9.59 Å². The van der Waals surface area contributed by atoms with Gasteiger partial charge in [0.15, 0.2) is 4.77 Å². The Bertz CT molecular complexity index is 1230. The topological polar surface area (TPSA) is 66.9 Å². The van der Waals surface area contributed by atoms with Crippen LogP contribution in [0.1, 0.15) is 49.0 Å². The second kappa shape index (κ2) is 9.09. The molecule has 3 atom stereocenters. The Balaban J connectivity index is 1.52. The van der Waals surface area contributed by atoms with E-state index in [2.05, 4.69) is 40.1 Å². The number of hydrogen-bond donors (Lipinski definition) is 2. The number of nitrogens with zero attached hydrogens (tertiary/aromatic N) is 1. The van der Waals surface area contributed by atoms with Gasteiger partial charge in [-0.1, -0.05) is 54.8 Å². The van der Waals surface area contributed by atoms with Crippen molar-refractivity contribution in [2.75, 3.05) is 0 Å². The fourth-order valence-corrected chi connectivity index (χ4v) is 4.97. The van der Waals surface area contributed by atoms with Crippen molar-refractivity contribution in [2.24, 2.45) is 11.8 Å². The molecule has 5 nitrogen and oxygen atoms in total. The molecule has 0 radical (unpaired) electrons. The summed E-state index contributed by atoms with van der Waals surface area (Å²) in [6, 6.07) is 13.1. The van der Waals surface area contributed by atoms with Crippen LogP contribution in [0.15, 0.2) is 51.7 Å². The van der Waals surface area contributed by atoms with Crippen LogP contribution in [-0.2, 0) is 6.54 Å². The van der Waals surface area contributed by atoms with Gasteiger partial charge in [0.25, 0.3) is 11.5 Å². The minimum Gasteiger partial charge on any atom is -0.349 e. The Morgan fingerprint density at radius 1 is 1.19 bits per heavy atom. The molecule has 162 valence electrons. The fourth-order valence-electron chi connectivity index (χ4n) is 4.35. The maximum Gasteiger partial charge on any atom is 0.262 e. The van der Waals surface area contributed by atoms with Gasteiger partial charge in [-0.3, -0.25) is 14.2 Å². The number of carbonyl (C=O) groups excluding carboxylic acids is 1. The molecule has 31 heavy (non-hydrogen) atoms. The van der Waals surface area contributed by atoms with Gasteiger partial charge < -0.3 is 10.3 Å². The van der Waals surface area contributed by atoms with Gasteiger partial charge in [0.05, 0.1) is 17.4 Å². The molecule has 0 saturated heterocycles. The molecule has 1 fully saturated rings. The van der Waals surface area contributed by atoms with Gasteiger partial charge in [-0.05, 0) is 66.4 Å². The minimum absolute atomic E-state index is 0.0393. The molecule has 0 aliphatic heterocycles. The van der Waals surface area contributed by atoms with Crippen molar-refractivity contribution in [1.29, 1.82) is 0 Å².